The summed E-state index contributed by atoms with van der Waals surface area (Å²) in [6.07, 6.45) is 1.79. The highest BCUT2D eigenvalue weighted by Gasteiger charge is 2.14. The van der Waals surface area contributed by atoms with Crippen LogP contribution in [0.3, 0.4) is 0 Å². The topological polar surface area (TPSA) is 43.8 Å². The van der Waals surface area contributed by atoms with E-state index in [4.69, 9.17) is 5.73 Å². The molecule has 3 nitrogen and oxygen atoms in total. The van der Waals surface area contributed by atoms with E-state index in [1.54, 1.807) is 12.1 Å². The molecular formula is C15H20FN3. The van der Waals surface area contributed by atoms with Crippen LogP contribution in [0.5, 0.6) is 0 Å². The molecule has 0 saturated carbocycles. The van der Waals surface area contributed by atoms with Crippen molar-refractivity contribution in [1.82, 2.24) is 9.78 Å². The number of aryl methyl sites for hydroxylation is 1. The second kappa shape index (κ2) is 5.97. The number of nitrogens with two attached hydrogens (primary N) is 1. The van der Waals surface area contributed by atoms with Crippen molar-refractivity contribution in [3.8, 4) is 0 Å². The Hall–Kier alpha value is -1.68. The lowest BCUT2D eigenvalue weighted by molar-refractivity contribution is 0.619. The van der Waals surface area contributed by atoms with Crippen molar-refractivity contribution in [2.24, 2.45) is 5.73 Å². The number of hydrogen-bond acceptors (Lipinski definition) is 2. The van der Waals surface area contributed by atoms with Gasteiger partial charge in [-0.1, -0.05) is 26.0 Å². The van der Waals surface area contributed by atoms with Crippen LogP contribution in [0.2, 0.25) is 0 Å². The molecule has 4 heteroatoms. The van der Waals surface area contributed by atoms with Gasteiger partial charge in [0.25, 0.3) is 0 Å². The van der Waals surface area contributed by atoms with Crippen molar-refractivity contribution >= 4 is 0 Å². The minimum atomic E-state index is -0.211. The van der Waals surface area contributed by atoms with Gasteiger partial charge in [-0.3, -0.25) is 4.68 Å². The lowest BCUT2D eigenvalue weighted by atomic mass is 10.1. The average molecular weight is 261 g/mol. The van der Waals surface area contributed by atoms with Crippen molar-refractivity contribution in [3.05, 3.63) is 52.6 Å². The van der Waals surface area contributed by atoms with E-state index in [1.165, 1.54) is 17.8 Å². The molecule has 0 bridgehead atoms. The largest absolute Gasteiger partial charge is 0.326 e. The predicted octanol–water partition coefficient (Wildman–Crippen LogP) is 2.65. The average Bonchev–Trinajstić information content (AvgIpc) is 2.78. The standard InChI is InChI=1S/C15H20FN3/c1-3-14-13(9-17)15(4-2)19(18-14)10-11-5-7-12(16)8-6-11/h5-8H,3-4,9-10,17H2,1-2H3. The van der Waals surface area contributed by atoms with Crippen LogP contribution in [0, 0.1) is 5.82 Å². The summed E-state index contributed by atoms with van der Waals surface area (Å²) < 4.78 is 14.9. The van der Waals surface area contributed by atoms with E-state index < -0.39 is 0 Å². The summed E-state index contributed by atoms with van der Waals surface area (Å²) in [6, 6.07) is 6.55. The summed E-state index contributed by atoms with van der Waals surface area (Å²) >= 11 is 0. The Labute approximate surface area is 113 Å². The van der Waals surface area contributed by atoms with Gasteiger partial charge in [-0.2, -0.15) is 5.10 Å². The number of benzene rings is 1. The van der Waals surface area contributed by atoms with Crippen molar-refractivity contribution < 1.29 is 4.39 Å². The van der Waals surface area contributed by atoms with Crippen LogP contribution in [0.4, 0.5) is 4.39 Å². The maximum Gasteiger partial charge on any atom is 0.123 e. The smallest absolute Gasteiger partial charge is 0.123 e. The van der Waals surface area contributed by atoms with Gasteiger partial charge < -0.3 is 5.73 Å². The Morgan fingerprint density at radius 2 is 1.84 bits per heavy atom. The van der Waals surface area contributed by atoms with E-state index in [2.05, 4.69) is 18.9 Å². The van der Waals surface area contributed by atoms with Gasteiger partial charge in [0.2, 0.25) is 0 Å². The predicted molar refractivity (Wildman–Crippen MR) is 74.4 cm³/mol. The number of aromatic nitrogens is 2. The Bertz CT molecular complexity index is 543. The van der Waals surface area contributed by atoms with Crippen LogP contribution in [-0.2, 0) is 25.9 Å². The quantitative estimate of drug-likeness (QED) is 0.899. The third-order valence-electron chi connectivity index (χ3n) is 3.37. The van der Waals surface area contributed by atoms with Crippen molar-refractivity contribution in [1.29, 1.82) is 0 Å². The number of halogens is 1. The highest BCUT2D eigenvalue weighted by atomic mass is 19.1. The van der Waals surface area contributed by atoms with Crippen molar-refractivity contribution in [2.45, 2.75) is 39.8 Å². The molecule has 0 amide bonds. The third kappa shape index (κ3) is 2.84. The fourth-order valence-electron chi connectivity index (χ4n) is 2.40. The molecule has 0 unspecified atom stereocenters. The maximum absolute atomic E-state index is 12.9. The Morgan fingerprint density at radius 3 is 2.37 bits per heavy atom. The minimum absolute atomic E-state index is 0.211. The van der Waals surface area contributed by atoms with Crippen LogP contribution >= 0.6 is 0 Å². The zero-order chi connectivity index (χ0) is 13.8. The molecule has 2 rings (SSSR count). The highest BCUT2D eigenvalue weighted by Crippen LogP contribution is 2.17. The van der Waals surface area contributed by atoms with Gasteiger partial charge in [0.1, 0.15) is 5.82 Å². The summed E-state index contributed by atoms with van der Waals surface area (Å²) in [7, 11) is 0. The molecular weight excluding hydrogens is 241 g/mol. The summed E-state index contributed by atoms with van der Waals surface area (Å²) in [5.74, 6) is -0.211. The first kappa shape index (κ1) is 13.7. The summed E-state index contributed by atoms with van der Waals surface area (Å²) in [5, 5.41) is 4.63. The second-order valence-electron chi connectivity index (χ2n) is 4.57. The molecule has 2 N–H and O–H groups in total. The number of nitrogens with zero attached hydrogens (tertiary/aromatic N) is 2. The fourth-order valence-corrected chi connectivity index (χ4v) is 2.40. The molecule has 0 saturated heterocycles. The molecule has 0 aliphatic carbocycles. The lowest BCUT2D eigenvalue weighted by Crippen LogP contribution is -2.08. The third-order valence-corrected chi connectivity index (χ3v) is 3.37. The maximum atomic E-state index is 12.9. The van der Waals surface area contributed by atoms with Gasteiger partial charge in [0, 0.05) is 17.8 Å². The van der Waals surface area contributed by atoms with Crippen LogP contribution in [-0.4, -0.2) is 9.78 Å². The molecule has 1 aromatic heterocycles. The van der Waals surface area contributed by atoms with Crippen LogP contribution in [0.1, 0.15) is 36.4 Å². The molecule has 1 heterocycles. The van der Waals surface area contributed by atoms with Gasteiger partial charge in [0.15, 0.2) is 0 Å². The lowest BCUT2D eigenvalue weighted by Gasteiger charge is -2.07. The second-order valence-corrected chi connectivity index (χ2v) is 4.57. The van der Waals surface area contributed by atoms with Crippen LogP contribution in [0.15, 0.2) is 24.3 Å². The van der Waals surface area contributed by atoms with Crippen LogP contribution < -0.4 is 5.73 Å². The molecule has 0 fully saturated rings. The Morgan fingerprint density at radius 1 is 1.16 bits per heavy atom. The van der Waals surface area contributed by atoms with Gasteiger partial charge in [0.05, 0.1) is 12.2 Å². The molecule has 0 radical (unpaired) electrons. The molecule has 19 heavy (non-hydrogen) atoms. The molecule has 2 aromatic rings. The van der Waals surface area contributed by atoms with E-state index in [-0.39, 0.29) is 5.82 Å². The molecule has 0 aliphatic heterocycles. The molecule has 102 valence electrons. The zero-order valence-electron chi connectivity index (χ0n) is 11.5. The van der Waals surface area contributed by atoms with Gasteiger partial charge in [-0.25, -0.2) is 4.39 Å². The zero-order valence-corrected chi connectivity index (χ0v) is 11.5. The van der Waals surface area contributed by atoms with E-state index in [0.29, 0.717) is 13.1 Å². The molecule has 0 aliphatic rings. The normalized spacial score (nSPS) is 10.9. The Balaban J connectivity index is 2.34. The Kier molecular flexibility index (Phi) is 4.32. The van der Waals surface area contributed by atoms with Crippen molar-refractivity contribution in [2.75, 3.05) is 0 Å². The summed E-state index contributed by atoms with van der Waals surface area (Å²) in [4.78, 5) is 0. The highest BCUT2D eigenvalue weighted by molar-refractivity contribution is 5.28. The van der Waals surface area contributed by atoms with Gasteiger partial charge in [-0.05, 0) is 30.5 Å². The van der Waals surface area contributed by atoms with E-state index >= 15 is 0 Å². The van der Waals surface area contributed by atoms with Crippen molar-refractivity contribution in [3.63, 3.8) is 0 Å². The van der Waals surface area contributed by atoms with Crippen LogP contribution in [0.25, 0.3) is 0 Å². The van der Waals surface area contributed by atoms with Gasteiger partial charge in [-0.15, -0.1) is 0 Å². The van der Waals surface area contributed by atoms with E-state index in [9.17, 15) is 4.39 Å². The van der Waals surface area contributed by atoms with Gasteiger partial charge >= 0.3 is 0 Å². The fraction of sp³-hybridized carbons (Fsp3) is 0.400. The number of hydrogen-bond donors (Lipinski definition) is 1. The molecule has 0 spiro atoms. The minimum Gasteiger partial charge on any atom is -0.326 e. The SMILES string of the molecule is CCc1nn(Cc2ccc(F)cc2)c(CC)c1CN. The van der Waals surface area contributed by atoms with E-state index in [0.717, 1.165) is 29.7 Å². The van der Waals surface area contributed by atoms with E-state index in [1.807, 2.05) is 4.68 Å². The molecule has 1 aromatic carbocycles. The summed E-state index contributed by atoms with van der Waals surface area (Å²) in [6.45, 7) is 5.38. The first-order valence-electron chi connectivity index (χ1n) is 6.71. The first-order valence-corrected chi connectivity index (χ1v) is 6.71. The first-order chi connectivity index (χ1) is 9.19. The molecule has 0 atom stereocenters. The monoisotopic (exact) mass is 261 g/mol. The number of rotatable bonds is 5. The summed E-state index contributed by atoms with van der Waals surface area (Å²) in [5.41, 5.74) is 10.3.